The quantitative estimate of drug-likeness (QED) is 0.775. The molecular weight excluding hydrogens is 244 g/mol. The van der Waals surface area contributed by atoms with Gasteiger partial charge in [-0.05, 0) is 38.4 Å². The third kappa shape index (κ3) is 3.32. The van der Waals surface area contributed by atoms with Crippen LogP contribution in [0.25, 0.3) is 0 Å². The Morgan fingerprint density at radius 3 is 2.79 bits per heavy atom. The molecule has 0 bridgehead atoms. The van der Waals surface area contributed by atoms with Crippen LogP contribution in [-0.4, -0.2) is 29.6 Å². The molecule has 0 aromatic heterocycles. The Morgan fingerprint density at radius 1 is 1.37 bits per heavy atom. The van der Waals surface area contributed by atoms with E-state index in [1.165, 1.54) is 0 Å². The van der Waals surface area contributed by atoms with Gasteiger partial charge >= 0.3 is 5.97 Å². The highest BCUT2D eigenvalue weighted by molar-refractivity contribution is 6.02. The van der Waals surface area contributed by atoms with E-state index in [0.29, 0.717) is 5.69 Å². The molecule has 102 valence electrons. The highest BCUT2D eigenvalue weighted by Gasteiger charge is 2.22. The number of anilines is 1. The van der Waals surface area contributed by atoms with Crippen molar-refractivity contribution in [3.8, 4) is 0 Å². The van der Waals surface area contributed by atoms with Gasteiger partial charge in [0.15, 0.2) is 0 Å². The van der Waals surface area contributed by atoms with Crippen molar-refractivity contribution in [2.75, 3.05) is 11.9 Å². The summed E-state index contributed by atoms with van der Waals surface area (Å²) in [6.45, 7) is 2.65. The normalized spacial score (nSPS) is 18.9. The third-order valence-electron chi connectivity index (χ3n) is 3.29. The van der Waals surface area contributed by atoms with Crippen molar-refractivity contribution in [3.05, 3.63) is 29.3 Å². The van der Waals surface area contributed by atoms with Crippen LogP contribution in [-0.2, 0) is 4.79 Å². The molecule has 1 saturated heterocycles. The maximum Gasteiger partial charge on any atom is 0.337 e. The molecule has 19 heavy (non-hydrogen) atoms. The highest BCUT2D eigenvalue weighted by atomic mass is 16.4. The Kier molecular flexibility index (Phi) is 4.16. The predicted molar refractivity (Wildman–Crippen MR) is 72.4 cm³/mol. The molecule has 1 amide bonds. The van der Waals surface area contributed by atoms with Crippen molar-refractivity contribution < 1.29 is 14.7 Å². The van der Waals surface area contributed by atoms with E-state index in [1.807, 2.05) is 6.92 Å². The van der Waals surface area contributed by atoms with Gasteiger partial charge in [0.25, 0.3) is 0 Å². The van der Waals surface area contributed by atoms with Crippen molar-refractivity contribution in [3.63, 3.8) is 0 Å². The van der Waals surface area contributed by atoms with Crippen LogP contribution in [0.5, 0.6) is 0 Å². The van der Waals surface area contributed by atoms with Gasteiger partial charge in [-0.25, -0.2) is 4.79 Å². The first-order valence-electron chi connectivity index (χ1n) is 6.46. The first-order chi connectivity index (χ1) is 9.08. The topological polar surface area (TPSA) is 78.4 Å². The van der Waals surface area contributed by atoms with Crippen molar-refractivity contribution in [1.82, 2.24) is 5.32 Å². The van der Waals surface area contributed by atoms with E-state index in [4.69, 9.17) is 5.11 Å². The fraction of sp³-hybridized carbons (Fsp3) is 0.429. The van der Waals surface area contributed by atoms with Crippen LogP contribution >= 0.6 is 0 Å². The molecule has 0 radical (unpaired) electrons. The molecule has 1 aliphatic heterocycles. The van der Waals surface area contributed by atoms with Crippen LogP contribution in [0.2, 0.25) is 0 Å². The number of carboxylic acid groups (broad SMARTS) is 1. The summed E-state index contributed by atoms with van der Waals surface area (Å²) in [5, 5.41) is 15.0. The minimum atomic E-state index is -1.03. The number of rotatable bonds is 3. The minimum Gasteiger partial charge on any atom is -0.478 e. The highest BCUT2D eigenvalue weighted by Crippen LogP contribution is 2.18. The molecule has 0 aliphatic carbocycles. The van der Waals surface area contributed by atoms with Gasteiger partial charge in [-0.3, -0.25) is 4.79 Å². The van der Waals surface area contributed by atoms with Gasteiger partial charge in [0.05, 0.1) is 17.3 Å². The summed E-state index contributed by atoms with van der Waals surface area (Å²) < 4.78 is 0. The second-order valence-corrected chi connectivity index (χ2v) is 4.85. The summed E-state index contributed by atoms with van der Waals surface area (Å²) in [6, 6.07) is 4.76. The van der Waals surface area contributed by atoms with Crippen LogP contribution < -0.4 is 10.6 Å². The van der Waals surface area contributed by atoms with E-state index in [-0.39, 0.29) is 17.5 Å². The average molecular weight is 262 g/mol. The standard InChI is InChI=1S/C14H18N2O3/c1-9-5-6-11(10(8-9)14(18)19)16-13(17)12-4-2-3-7-15-12/h5-6,8,12,15H,2-4,7H2,1H3,(H,16,17)(H,18,19)/t12-/m1/s1. The number of carbonyl (C=O) groups is 2. The fourth-order valence-corrected chi connectivity index (χ4v) is 2.24. The molecule has 1 aromatic rings. The Hall–Kier alpha value is -1.88. The number of benzene rings is 1. The zero-order valence-corrected chi connectivity index (χ0v) is 10.9. The van der Waals surface area contributed by atoms with Gasteiger partial charge in [0.2, 0.25) is 5.91 Å². The number of carbonyl (C=O) groups excluding carboxylic acids is 1. The first kappa shape index (κ1) is 13.5. The molecule has 1 atom stereocenters. The molecule has 0 saturated carbocycles. The van der Waals surface area contributed by atoms with Gasteiger partial charge in [-0.15, -0.1) is 0 Å². The van der Waals surface area contributed by atoms with E-state index in [0.717, 1.165) is 31.4 Å². The SMILES string of the molecule is Cc1ccc(NC(=O)[C@H]2CCCCN2)c(C(=O)O)c1. The van der Waals surface area contributed by atoms with E-state index in [2.05, 4.69) is 10.6 Å². The lowest BCUT2D eigenvalue weighted by Crippen LogP contribution is -2.43. The smallest absolute Gasteiger partial charge is 0.337 e. The monoisotopic (exact) mass is 262 g/mol. The fourth-order valence-electron chi connectivity index (χ4n) is 2.24. The largest absolute Gasteiger partial charge is 0.478 e. The third-order valence-corrected chi connectivity index (χ3v) is 3.29. The molecule has 1 aromatic carbocycles. The maximum absolute atomic E-state index is 12.1. The van der Waals surface area contributed by atoms with Gasteiger partial charge in [-0.1, -0.05) is 18.1 Å². The first-order valence-corrected chi connectivity index (χ1v) is 6.46. The molecular formula is C14H18N2O3. The van der Waals surface area contributed by atoms with E-state index >= 15 is 0 Å². The van der Waals surface area contributed by atoms with Crippen LogP contribution in [0, 0.1) is 6.92 Å². The Bertz CT molecular complexity index is 493. The Morgan fingerprint density at radius 2 is 2.16 bits per heavy atom. The Balaban J connectivity index is 2.13. The van der Waals surface area contributed by atoms with E-state index < -0.39 is 5.97 Å². The molecule has 1 aliphatic rings. The van der Waals surface area contributed by atoms with E-state index in [1.54, 1.807) is 18.2 Å². The molecule has 1 fully saturated rings. The zero-order valence-electron chi connectivity index (χ0n) is 10.9. The summed E-state index contributed by atoms with van der Waals surface area (Å²) >= 11 is 0. The van der Waals surface area contributed by atoms with Crippen molar-refractivity contribution in [1.29, 1.82) is 0 Å². The lowest BCUT2D eigenvalue weighted by Gasteiger charge is -2.22. The summed E-state index contributed by atoms with van der Waals surface area (Å²) in [6.07, 6.45) is 2.89. The molecule has 0 spiro atoms. The lowest BCUT2D eigenvalue weighted by molar-refractivity contribution is -0.118. The second-order valence-electron chi connectivity index (χ2n) is 4.85. The summed E-state index contributed by atoms with van der Waals surface area (Å²) in [7, 11) is 0. The number of carboxylic acids is 1. The van der Waals surface area contributed by atoms with Crippen molar-refractivity contribution >= 4 is 17.6 Å². The molecule has 2 rings (SSSR count). The van der Waals surface area contributed by atoms with Crippen LogP contribution in [0.4, 0.5) is 5.69 Å². The maximum atomic E-state index is 12.1. The minimum absolute atomic E-state index is 0.129. The molecule has 3 N–H and O–H groups in total. The van der Waals surface area contributed by atoms with Crippen LogP contribution in [0.1, 0.15) is 35.2 Å². The summed E-state index contributed by atoms with van der Waals surface area (Å²) in [5.74, 6) is -1.19. The lowest BCUT2D eigenvalue weighted by atomic mass is 10.0. The van der Waals surface area contributed by atoms with Crippen molar-refractivity contribution in [2.24, 2.45) is 0 Å². The molecule has 5 heteroatoms. The number of aromatic carboxylic acids is 1. The summed E-state index contributed by atoms with van der Waals surface area (Å²) in [4.78, 5) is 23.2. The Labute approximate surface area is 112 Å². The summed E-state index contributed by atoms with van der Waals surface area (Å²) in [5.41, 5.74) is 1.34. The van der Waals surface area contributed by atoms with Gasteiger partial charge in [0.1, 0.15) is 0 Å². The average Bonchev–Trinajstić information content (AvgIpc) is 2.41. The number of nitrogens with one attached hydrogen (secondary N) is 2. The molecule has 1 heterocycles. The number of amides is 1. The van der Waals surface area contributed by atoms with Crippen LogP contribution in [0.3, 0.4) is 0 Å². The number of hydrogen-bond donors (Lipinski definition) is 3. The second kappa shape index (κ2) is 5.84. The predicted octanol–water partition coefficient (Wildman–Crippen LogP) is 1.77. The number of piperidine rings is 1. The van der Waals surface area contributed by atoms with Crippen molar-refractivity contribution in [2.45, 2.75) is 32.2 Å². The number of hydrogen-bond acceptors (Lipinski definition) is 3. The number of aryl methyl sites for hydroxylation is 1. The van der Waals surface area contributed by atoms with Gasteiger partial charge in [0, 0.05) is 0 Å². The molecule has 0 unspecified atom stereocenters. The van der Waals surface area contributed by atoms with E-state index in [9.17, 15) is 9.59 Å². The molecule has 5 nitrogen and oxygen atoms in total. The van der Waals surface area contributed by atoms with Gasteiger partial charge in [-0.2, -0.15) is 0 Å². The zero-order chi connectivity index (χ0) is 13.8. The van der Waals surface area contributed by atoms with Crippen LogP contribution in [0.15, 0.2) is 18.2 Å². The van der Waals surface area contributed by atoms with Gasteiger partial charge < -0.3 is 15.7 Å².